The molecule has 0 aliphatic carbocycles. The first kappa shape index (κ1) is 23.0. The molecule has 0 amide bonds. The van der Waals surface area contributed by atoms with Gasteiger partial charge in [0.1, 0.15) is 12.0 Å². The van der Waals surface area contributed by atoms with Gasteiger partial charge in [0.05, 0.1) is 5.56 Å². The number of halogens is 1. The Labute approximate surface area is 205 Å². The number of benzene rings is 2. The lowest BCUT2D eigenvalue weighted by Crippen LogP contribution is -2.46. The molecule has 0 unspecified atom stereocenters. The number of rotatable bonds is 6. The van der Waals surface area contributed by atoms with Crippen molar-refractivity contribution in [2.75, 3.05) is 44.2 Å². The molecule has 2 saturated heterocycles. The summed E-state index contributed by atoms with van der Waals surface area (Å²) in [5, 5.41) is 11.7. The molecule has 6 nitrogen and oxygen atoms in total. The van der Waals surface area contributed by atoms with E-state index in [1.165, 1.54) is 11.8 Å². The maximum Gasteiger partial charge on any atom is 0.343 e. The highest BCUT2D eigenvalue weighted by Gasteiger charge is 2.27. The van der Waals surface area contributed by atoms with Crippen molar-refractivity contribution in [1.29, 1.82) is 0 Å². The number of piperazine rings is 1. The molecule has 1 aromatic heterocycles. The van der Waals surface area contributed by atoms with Crippen LogP contribution in [-0.2, 0) is 13.1 Å². The molecule has 178 valence electrons. The third-order valence-corrected chi connectivity index (χ3v) is 7.24. The van der Waals surface area contributed by atoms with Gasteiger partial charge in [0, 0.05) is 62.1 Å². The van der Waals surface area contributed by atoms with Gasteiger partial charge in [0.2, 0.25) is 0 Å². The van der Waals surface area contributed by atoms with Gasteiger partial charge in [-0.25, -0.2) is 4.79 Å². The summed E-state index contributed by atoms with van der Waals surface area (Å²) in [5.74, 6) is 0.533. The Hall–Kier alpha value is -2.80. The van der Waals surface area contributed by atoms with Crippen LogP contribution in [0.2, 0.25) is 5.02 Å². The first-order chi connectivity index (χ1) is 16.6. The molecule has 5 rings (SSSR count). The number of likely N-dealkylation sites (tertiary alicyclic amines) is 1. The number of anilines is 1. The van der Waals surface area contributed by atoms with Gasteiger partial charge in [-0.3, -0.25) is 9.80 Å². The van der Waals surface area contributed by atoms with Gasteiger partial charge in [0.15, 0.2) is 0 Å². The summed E-state index contributed by atoms with van der Waals surface area (Å²) in [7, 11) is 0. The second kappa shape index (κ2) is 10.2. The van der Waals surface area contributed by atoms with E-state index in [2.05, 4.69) is 45.0 Å². The van der Waals surface area contributed by atoms with Gasteiger partial charge in [-0.05, 0) is 42.6 Å². The largest absolute Gasteiger partial charge is 0.507 e. The minimum absolute atomic E-state index is 0.0803. The second-order valence-corrected chi connectivity index (χ2v) is 9.69. The van der Waals surface area contributed by atoms with Crippen molar-refractivity contribution in [2.45, 2.75) is 25.4 Å². The Bertz CT molecular complexity index is 1180. The van der Waals surface area contributed by atoms with Crippen LogP contribution in [0.1, 0.15) is 29.0 Å². The Morgan fingerprint density at radius 3 is 2.50 bits per heavy atom. The number of hydrogen-bond donors (Lipinski definition) is 1. The Kier molecular flexibility index (Phi) is 6.90. The van der Waals surface area contributed by atoms with Crippen LogP contribution in [0, 0.1) is 0 Å². The van der Waals surface area contributed by atoms with E-state index in [0.717, 1.165) is 56.4 Å². The van der Waals surface area contributed by atoms with E-state index >= 15 is 0 Å². The molecule has 0 saturated carbocycles. The van der Waals surface area contributed by atoms with E-state index in [4.69, 9.17) is 16.0 Å². The molecule has 34 heavy (non-hydrogen) atoms. The number of nitrogens with zero attached hydrogens (tertiary/aromatic N) is 3. The van der Waals surface area contributed by atoms with Crippen LogP contribution >= 0.6 is 11.6 Å². The topological polar surface area (TPSA) is 60.2 Å². The van der Waals surface area contributed by atoms with Crippen LogP contribution in [0.3, 0.4) is 0 Å². The van der Waals surface area contributed by atoms with Crippen molar-refractivity contribution in [3.05, 3.63) is 93.0 Å². The molecule has 3 aromatic rings. The van der Waals surface area contributed by atoms with E-state index in [9.17, 15) is 9.90 Å². The van der Waals surface area contributed by atoms with Gasteiger partial charge >= 0.3 is 5.63 Å². The molecule has 0 spiro atoms. The van der Waals surface area contributed by atoms with E-state index < -0.39 is 5.63 Å². The monoisotopic (exact) mass is 479 g/mol. The summed E-state index contributed by atoms with van der Waals surface area (Å²) in [6.07, 6.45) is 2.47. The first-order valence-corrected chi connectivity index (χ1v) is 12.3. The fourth-order valence-corrected chi connectivity index (χ4v) is 5.25. The average Bonchev–Trinajstić information content (AvgIpc) is 3.33. The lowest BCUT2D eigenvalue weighted by Gasteiger charge is -2.36. The van der Waals surface area contributed by atoms with Crippen molar-refractivity contribution in [3.63, 3.8) is 0 Å². The second-order valence-electron chi connectivity index (χ2n) is 9.25. The van der Waals surface area contributed by atoms with Gasteiger partial charge in [-0.15, -0.1) is 0 Å². The summed E-state index contributed by atoms with van der Waals surface area (Å²) in [4.78, 5) is 19.3. The minimum atomic E-state index is -0.449. The standard InChI is InChI=1S/C27H30ClN3O3/c28-23-7-4-8-24(15-23)31-13-11-29(12-14-31)17-22-19-34-27(33)25(26(22)32)18-30-10-9-21(16-30)20-5-2-1-3-6-20/h1-8,15,19,21,32H,9-14,16-18H2/t21-/m0/s1. The normalized spacial score (nSPS) is 19.6. The lowest BCUT2D eigenvalue weighted by atomic mass is 9.99. The molecule has 2 fully saturated rings. The Morgan fingerprint density at radius 2 is 1.74 bits per heavy atom. The Balaban J connectivity index is 1.21. The number of hydrogen-bond acceptors (Lipinski definition) is 6. The SMILES string of the molecule is O=c1occ(CN2CCN(c3cccc(Cl)c3)CC2)c(O)c1CN1CC[C@H](c2ccccc2)C1. The summed E-state index contributed by atoms with van der Waals surface area (Å²) >= 11 is 6.14. The van der Waals surface area contributed by atoms with Gasteiger partial charge in [0.25, 0.3) is 0 Å². The molecule has 1 N–H and O–H groups in total. The molecule has 2 aliphatic rings. The lowest BCUT2D eigenvalue weighted by molar-refractivity contribution is 0.241. The van der Waals surface area contributed by atoms with Crippen molar-refractivity contribution in [3.8, 4) is 5.75 Å². The number of aromatic hydroxyl groups is 1. The van der Waals surface area contributed by atoms with Crippen molar-refractivity contribution >= 4 is 17.3 Å². The van der Waals surface area contributed by atoms with E-state index in [1.807, 2.05) is 24.3 Å². The molecule has 3 heterocycles. The third-order valence-electron chi connectivity index (χ3n) is 7.01. The van der Waals surface area contributed by atoms with Crippen LogP contribution in [0.4, 0.5) is 5.69 Å². The van der Waals surface area contributed by atoms with Crippen LogP contribution < -0.4 is 10.5 Å². The van der Waals surface area contributed by atoms with Crippen molar-refractivity contribution < 1.29 is 9.52 Å². The van der Waals surface area contributed by atoms with Crippen molar-refractivity contribution in [2.24, 2.45) is 0 Å². The Morgan fingerprint density at radius 1 is 0.941 bits per heavy atom. The maximum atomic E-state index is 12.5. The molecular formula is C27H30ClN3O3. The van der Waals surface area contributed by atoms with Crippen LogP contribution in [0.25, 0.3) is 0 Å². The highest BCUT2D eigenvalue weighted by atomic mass is 35.5. The molecule has 1 atom stereocenters. The smallest absolute Gasteiger partial charge is 0.343 e. The summed E-state index contributed by atoms with van der Waals surface area (Å²) in [5.41, 5.74) is 3.04. The fraction of sp³-hybridized carbons (Fsp3) is 0.370. The summed E-state index contributed by atoms with van der Waals surface area (Å²) in [6, 6.07) is 18.4. The molecule has 0 radical (unpaired) electrons. The van der Waals surface area contributed by atoms with Crippen LogP contribution in [0.15, 0.2) is 70.1 Å². The maximum absolute atomic E-state index is 12.5. The van der Waals surface area contributed by atoms with Crippen LogP contribution in [0.5, 0.6) is 5.75 Å². The van der Waals surface area contributed by atoms with Gasteiger partial charge in [-0.2, -0.15) is 0 Å². The molecule has 7 heteroatoms. The van der Waals surface area contributed by atoms with Crippen LogP contribution in [-0.4, -0.2) is 54.2 Å². The van der Waals surface area contributed by atoms with Gasteiger partial charge in [-0.1, -0.05) is 48.0 Å². The molecule has 0 bridgehead atoms. The fourth-order valence-electron chi connectivity index (χ4n) is 5.07. The molecule has 2 aliphatic heterocycles. The highest BCUT2D eigenvalue weighted by Crippen LogP contribution is 2.30. The molecule has 2 aromatic carbocycles. The summed E-state index contributed by atoms with van der Waals surface area (Å²) < 4.78 is 5.34. The zero-order valence-electron chi connectivity index (χ0n) is 19.2. The zero-order valence-corrected chi connectivity index (χ0v) is 20.0. The van der Waals surface area contributed by atoms with Crippen molar-refractivity contribution in [1.82, 2.24) is 9.80 Å². The van der Waals surface area contributed by atoms with E-state index in [0.29, 0.717) is 30.1 Å². The van der Waals surface area contributed by atoms with E-state index in [-0.39, 0.29) is 5.75 Å². The zero-order chi connectivity index (χ0) is 23.5. The average molecular weight is 480 g/mol. The first-order valence-electron chi connectivity index (χ1n) is 11.9. The van der Waals surface area contributed by atoms with Gasteiger partial charge < -0.3 is 14.4 Å². The predicted molar refractivity (Wildman–Crippen MR) is 135 cm³/mol. The minimum Gasteiger partial charge on any atom is -0.507 e. The van der Waals surface area contributed by atoms with E-state index in [1.54, 1.807) is 0 Å². The summed E-state index contributed by atoms with van der Waals surface area (Å²) in [6.45, 7) is 6.19. The molecular weight excluding hydrogens is 450 g/mol. The quantitative estimate of drug-likeness (QED) is 0.568. The predicted octanol–water partition coefficient (Wildman–Crippen LogP) is 4.31. The highest BCUT2D eigenvalue weighted by molar-refractivity contribution is 6.30. The third kappa shape index (κ3) is 5.14.